The summed E-state index contributed by atoms with van der Waals surface area (Å²) in [6.07, 6.45) is 4.85. The number of rotatable bonds is 6. The maximum absolute atomic E-state index is 13.4. The van der Waals surface area contributed by atoms with Gasteiger partial charge in [-0.05, 0) is 43.5 Å². The number of aromatic nitrogens is 5. The molecule has 4 rings (SSSR count). The van der Waals surface area contributed by atoms with Gasteiger partial charge in [-0.2, -0.15) is 9.37 Å². The third-order valence-corrected chi connectivity index (χ3v) is 5.67. The van der Waals surface area contributed by atoms with E-state index in [1.54, 1.807) is 35.2 Å². The fourth-order valence-electron chi connectivity index (χ4n) is 3.48. The van der Waals surface area contributed by atoms with E-state index in [4.69, 9.17) is 0 Å². The van der Waals surface area contributed by atoms with Crippen LogP contribution in [0.25, 0.3) is 22.2 Å². The first-order valence-electron chi connectivity index (χ1n) is 10.6. The molecular weight excluding hydrogens is 407 g/mol. The van der Waals surface area contributed by atoms with Crippen molar-refractivity contribution >= 4 is 17.0 Å². The fraction of sp³-hybridized carbons (Fsp3) is 0.292. The Balaban J connectivity index is 1.60. The average molecular weight is 433 g/mol. The van der Waals surface area contributed by atoms with Gasteiger partial charge in [0.05, 0.1) is 11.7 Å². The molecule has 0 bridgehead atoms. The molecule has 0 saturated heterocycles. The summed E-state index contributed by atoms with van der Waals surface area (Å²) < 4.78 is 15.1. The molecule has 2 atom stereocenters. The molecule has 0 saturated carbocycles. The summed E-state index contributed by atoms with van der Waals surface area (Å²) in [5.74, 6) is 0.169. The van der Waals surface area contributed by atoms with Gasteiger partial charge in [0, 0.05) is 47.7 Å². The molecule has 0 aliphatic rings. The van der Waals surface area contributed by atoms with E-state index in [1.807, 2.05) is 26.0 Å². The van der Waals surface area contributed by atoms with E-state index < -0.39 is 5.95 Å². The first kappa shape index (κ1) is 21.5. The van der Waals surface area contributed by atoms with Crippen LogP contribution in [0.2, 0.25) is 0 Å². The van der Waals surface area contributed by atoms with Gasteiger partial charge in [0.15, 0.2) is 0 Å². The second-order valence-corrected chi connectivity index (χ2v) is 8.20. The van der Waals surface area contributed by atoms with Crippen LogP contribution in [-0.2, 0) is 0 Å². The van der Waals surface area contributed by atoms with Crippen molar-refractivity contribution in [2.24, 2.45) is 5.92 Å². The zero-order valence-corrected chi connectivity index (χ0v) is 18.5. The van der Waals surface area contributed by atoms with Gasteiger partial charge >= 0.3 is 0 Å². The van der Waals surface area contributed by atoms with E-state index >= 15 is 0 Å². The molecule has 1 N–H and O–H groups in total. The third-order valence-electron chi connectivity index (χ3n) is 5.67. The molecule has 0 aromatic carbocycles. The standard InChI is InChI=1S/C24H25FN6O/c1-14(2)16(4)31-22(32)8-6-19-13-28-24(30-23(19)31)29-15(3)20-7-5-18(12-27-20)17-9-10-26-21(25)11-17/h5-16H,1-4H3,(H,28,29,30)/t15-,16-/m0/s1. The van der Waals surface area contributed by atoms with Crippen molar-refractivity contribution in [2.45, 2.75) is 39.8 Å². The van der Waals surface area contributed by atoms with Gasteiger partial charge in [0.25, 0.3) is 5.56 Å². The Morgan fingerprint density at radius 2 is 1.75 bits per heavy atom. The highest BCUT2D eigenvalue weighted by Gasteiger charge is 2.16. The Labute approximate surface area is 185 Å². The number of hydrogen-bond acceptors (Lipinski definition) is 6. The van der Waals surface area contributed by atoms with Crippen LogP contribution in [0.4, 0.5) is 10.3 Å². The lowest BCUT2D eigenvalue weighted by Gasteiger charge is -2.21. The van der Waals surface area contributed by atoms with Crippen LogP contribution in [0.3, 0.4) is 0 Å². The normalized spacial score (nSPS) is 13.3. The lowest BCUT2D eigenvalue weighted by Crippen LogP contribution is -2.26. The topological polar surface area (TPSA) is 85.6 Å². The largest absolute Gasteiger partial charge is 0.346 e. The molecule has 4 heterocycles. The highest BCUT2D eigenvalue weighted by Crippen LogP contribution is 2.23. The van der Waals surface area contributed by atoms with Gasteiger partial charge in [0.2, 0.25) is 11.9 Å². The monoisotopic (exact) mass is 432 g/mol. The van der Waals surface area contributed by atoms with Crippen molar-refractivity contribution in [3.8, 4) is 11.1 Å². The van der Waals surface area contributed by atoms with E-state index in [9.17, 15) is 9.18 Å². The molecular formula is C24H25FN6O. The number of nitrogens with one attached hydrogen (secondary N) is 1. The van der Waals surface area contributed by atoms with E-state index in [2.05, 4.69) is 39.1 Å². The molecule has 164 valence electrons. The minimum Gasteiger partial charge on any atom is -0.346 e. The van der Waals surface area contributed by atoms with Crippen LogP contribution < -0.4 is 10.9 Å². The smallest absolute Gasteiger partial charge is 0.252 e. The van der Waals surface area contributed by atoms with Crippen LogP contribution in [0.1, 0.15) is 45.5 Å². The summed E-state index contributed by atoms with van der Waals surface area (Å²) in [6.45, 7) is 8.13. The molecule has 0 radical (unpaired) electrons. The van der Waals surface area contributed by atoms with Crippen LogP contribution >= 0.6 is 0 Å². The van der Waals surface area contributed by atoms with E-state index in [-0.39, 0.29) is 23.6 Å². The highest BCUT2D eigenvalue weighted by atomic mass is 19.1. The van der Waals surface area contributed by atoms with Crippen molar-refractivity contribution in [3.63, 3.8) is 0 Å². The van der Waals surface area contributed by atoms with Crippen LogP contribution in [0.5, 0.6) is 0 Å². The molecule has 0 unspecified atom stereocenters. The van der Waals surface area contributed by atoms with Gasteiger partial charge in [-0.3, -0.25) is 14.3 Å². The molecule has 0 amide bonds. The molecule has 7 nitrogen and oxygen atoms in total. The zero-order valence-electron chi connectivity index (χ0n) is 18.5. The van der Waals surface area contributed by atoms with Crippen molar-refractivity contribution < 1.29 is 4.39 Å². The van der Waals surface area contributed by atoms with Gasteiger partial charge in [-0.25, -0.2) is 9.97 Å². The van der Waals surface area contributed by atoms with Crippen LogP contribution in [0.15, 0.2) is 59.8 Å². The quantitative estimate of drug-likeness (QED) is 0.442. The molecule has 0 aliphatic heterocycles. The predicted molar refractivity (Wildman–Crippen MR) is 123 cm³/mol. The maximum atomic E-state index is 13.4. The SMILES string of the molecule is CC(C)[C@H](C)n1c(=O)ccc2cnc(N[C@@H](C)c3ccc(-c4ccnc(F)c4)cn3)nc21. The van der Waals surface area contributed by atoms with Crippen molar-refractivity contribution in [3.05, 3.63) is 77.0 Å². The summed E-state index contributed by atoms with van der Waals surface area (Å²) in [6, 6.07) is 10.0. The number of nitrogens with zero attached hydrogens (tertiary/aromatic N) is 5. The predicted octanol–water partition coefficient (Wildman–Crippen LogP) is 4.78. The van der Waals surface area contributed by atoms with Crippen molar-refractivity contribution in [1.82, 2.24) is 24.5 Å². The number of fused-ring (bicyclic) bond motifs is 1. The van der Waals surface area contributed by atoms with Crippen molar-refractivity contribution in [1.29, 1.82) is 0 Å². The lowest BCUT2D eigenvalue weighted by molar-refractivity contribution is 0.407. The molecule has 0 fully saturated rings. The summed E-state index contributed by atoms with van der Waals surface area (Å²) in [5, 5.41) is 4.07. The van der Waals surface area contributed by atoms with Gasteiger partial charge < -0.3 is 5.32 Å². The zero-order chi connectivity index (χ0) is 22.8. The Hall–Kier alpha value is -3.68. The number of anilines is 1. The van der Waals surface area contributed by atoms with Gasteiger partial charge in [0.1, 0.15) is 5.65 Å². The molecule has 0 spiro atoms. The maximum Gasteiger partial charge on any atom is 0.252 e. The first-order valence-corrected chi connectivity index (χ1v) is 10.6. The second kappa shape index (κ2) is 8.82. The third kappa shape index (κ3) is 4.34. The summed E-state index contributed by atoms with van der Waals surface area (Å²) in [5.41, 5.74) is 2.82. The highest BCUT2D eigenvalue weighted by molar-refractivity contribution is 5.75. The average Bonchev–Trinajstić information content (AvgIpc) is 2.78. The molecule has 4 aromatic rings. The number of halogens is 1. The molecule has 0 aliphatic carbocycles. The van der Waals surface area contributed by atoms with E-state index in [0.29, 0.717) is 17.2 Å². The second-order valence-electron chi connectivity index (χ2n) is 8.20. The van der Waals surface area contributed by atoms with Crippen LogP contribution in [0, 0.1) is 11.9 Å². The van der Waals surface area contributed by atoms with Crippen LogP contribution in [-0.4, -0.2) is 24.5 Å². The Morgan fingerprint density at radius 1 is 0.938 bits per heavy atom. The minimum atomic E-state index is -0.527. The van der Waals surface area contributed by atoms with Gasteiger partial charge in [-0.1, -0.05) is 19.9 Å². The summed E-state index contributed by atoms with van der Waals surface area (Å²) in [4.78, 5) is 29.7. The number of pyridine rings is 3. The summed E-state index contributed by atoms with van der Waals surface area (Å²) >= 11 is 0. The lowest BCUT2D eigenvalue weighted by atomic mass is 10.1. The summed E-state index contributed by atoms with van der Waals surface area (Å²) in [7, 11) is 0. The molecule has 4 aromatic heterocycles. The minimum absolute atomic E-state index is 0.00129. The van der Waals surface area contributed by atoms with E-state index in [0.717, 1.165) is 16.6 Å². The Bertz CT molecular complexity index is 1300. The van der Waals surface area contributed by atoms with Crippen molar-refractivity contribution in [2.75, 3.05) is 5.32 Å². The first-order chi connectivity index (χ1) is 15.3. The number of hydrogen-bond donors (Lipinski definition) is 1. The fourth-order valence-corrected chi connectivity index (χ4v) is 3.48. The van der Waals surface area contributed by atoms with Gasteiger partial charge in [-0.15, -0.1) is 0 Å². The Kier molecular flexibility index (Phi) is 5.94. The Morgan fingerprint density at radius 3 is 2.44 bits per heavy atom. The molecule has 32 heavy (non-hydrogen) atoms. The van der Waals surface area contributed by atoms with E-state index in [1.165, 1.54) is 12.3 Å². The molecule has 8 heteroatoms.